The minimum absolute atomic E-state index is 0.241. The number of carbonyl (C=O) groups is 1. The number of fused-ring (bicyclic) bond motifs is 1. The highest BCUT2D eigenvalue weighted by molar-refractivity contribution is 5.92. The molecule has 0 radical (unpaired) electrons. The number of benzene rings is 2. The number of aromatic nitrogens is 3. The Morgan fingerprint density at radius 3 is 2.65 bits per heavy atom. The van der Waals surface area contributed by atoms with Crippen LogP contribution in [0, 0.1) is 6.92 Å². The van der Waals surface area contributed by atoms with Crippen LogP contribution in [0.5, 0.6) is 0 Å². The molecule has 1 heterocycles. The zero-order valence-electron chi connectivity index (χ0n) is 10.9. The lowest BCUT2D eigenvalue weighted by molar-refractivity contribution is 0.0697. The van der Waals surface area contributed by atoms with Gasteiger partial charge in [0.1, 0.15) is 5.52 Å². The van der Waals surface area contributed by atoms with E-state index in [-0.39, 0.29) is 5.56 Å². The molecule has 0 aliphatic carbocycles. The van der Waals surface area contributed by atoms with Gasteiger partial charge in [0.05, 0.1) is 17.6 Å². The second-order valence-corrected chi connectivity index (χ2v) is 4.74. The summed E-state index contributed by atoms with van der Waals surface area (Å²) in [5.41, 5.74) is 3.96. The first kappa shape index (κ1) is 12.3. The van der Waals surface area contributed by atoms with Crippen molar-refractivity contribution < 1.29 is 9.90 Å². The molecule has 3 aromatic rings. The van der Waals surface area contributed by atoms with Gasteiger partial charge in [0.2, 0.25) is 0 Å². The molecule has 20 heavy (non-hydrogen) atoms. The number of rotatable bonds is 3. The third-order valence-electron chi connectivity index (χ3n) is 3.21. The fourth-order valence-electron chi connectivity index (χ4n) is 2.08. The summed E-state index contributed by atoms with van der Waals surface area (Å²) in [5, 5.41) is 17.2. The molecule has 5 nitrogen and oxygen atoms in total. The molecule has 0 amide bonds. The van der Waals surface area contributed by atoms with Crippen LogP contribution in [0.1, 0.15) is 21.5 Å². The summed E-state index contributed by atoms with van der Waals surface area (Å²) in [4.78, 5) is 11.0. The predicted molar refractivity (Wildman–Crippen MR) is 74.8 cm³/mol. The summed E-state index contributed by atoms with van der Waals surface area (Å²) in [6, 6.07) is 13.0. The van der Waals surface area contributed by atoms with Gasteiger partial charge in [-0.1, -0.05) is 35.0 Å². The number of aryl methyl sites for hydroxylation is 1. The molecule has 0 atom stereocenters. The minimum Gasteiger partial charge on any atom is -0.478 e. The standard InChI is InChI=1S/C15H13N3O2/c1-10-2-4-11(5-3-10)9-18-14-8-12(15(19)20)6-7-13(14)16-17-18/h2-8H,9H2,1H3,(H,19,20). The summed E-state index contributed by atoms with van der Waals surface area (Å²) in [7, 11) is 0. The van der Waals surface area contributed by atoms with E-state index in [0.717, 1.165) is 11.1 Å². The van der Waals surface area contributed by atoms with Gasteiger partial charge in [-0.3, -0.25) is 0 Å². The van der Waals surface area contributed by atoms with E-state index in [4.69, 9.17) is 5.11 Å². The molecular formula is C15H13N3O2. The molecule has 0 aliphatic heterocycles. The highest BCUT2D eigenvalue weighted by Gasteiger charge is 2.09. The average Bonchev–Trinajstić information content (AvgIpc) is 2.84. The highest BCUT2D eigenvalue weighted by atomic mass is 16.4. The molecule has 1 N–H and O–H groups in total. The Balaban J connectivity index is 2.00. The molecule has 0 saturated heterocycles. The van der Waals surface area contributed by atoms with Crippen LogP contribution < -0.4 is 0 Å². The second kappa shape index (κ2) is 4.77. The van der Waals surface area contributed by atoms with E-state index in [2.05, 4.69) is 10.3 Å². The number of hydrogen-bond donors (Lipinski definition) is 1. The number of carboxylic acid groups (broad SMARTS) is 1. The summed E-state index contributed by atoms with van der Waals surface area (Å²) >= 11 is 0. The molecule has 0 spiro atoms. The smallest absolute Gasteiger partial charge is 0.335 e. The fourth-order valence-corrected chi connectivity index (χ4v) is 2.08. The Labute approximate surface area is 115 Å². The summed E-state index contributed by atoms with van der Waals surface area (Å²) in [6.07, 6.45) is 0. The van der Waals surface area contributed by atoms with E-state index < -0.39 is 5.97 Å². The summed E-state index contributed by atoms with van der Waals surface area (Å²) in [6.45, 7) is 2.60. The minimum atomic E-state index is -0.949. The van der Waals surface area contributed by atoms with Gasteiger partial charge in [0, 0.05) is 0 Å². The van der Waals surface area contributed by atoms with Gasteiger partial charge < -0.3 is 5.11 Å². The van der Waals surface area contributed by atoms with Crippen LogP contribution in [0.25, 0.3) is 11.0 Å². The van der Waals surface area contributed by atoms with Crippen LogP contribution in [-0.2, 0) is 6.54 Å². The average molecular weight is 267 g/mol. The monoisotopic (exact) mass is 267 g/mol. The summed E-state index contributed by atoms with van der Waals surface area (Å²) < 4.78 is 1.71. The van der Waals surface area contributed by atoms with Crippen LogP contribution in [0.15, 0.2) is 42.5 Å². The van der Waals surface area contributed by atoms with Crippen molar-refractivity contribution in [3.05, 3.63) is 59.2 Å². The summed E-state index contributed by atoms with van der Waals surface area (Å²) in [5.74, 6) is -0.949. The zero-order valence-corrected chi connectivity index (χ0v) is 10.9. The number of aromatic carboxylic acids is 1. The van der Waals surface area contributed by atoms with E-state index in [0.29, 0.717) is 12.1 Å². The van der Waals surface area contributed by atoms with Crippen LogP contribution in [0.3, 0.4) is 0 Å². The normalized spacial score (nSPS) is 10.8. The topological polar surface area (TPSA) is 68.0 Å². The first-order valence-corrected chi connectivity index (χ1v) is 6.25. The Morgan fingerprint density at radius 2 is 1.95 bits per heavy atom. The molecule has 0 unspecified atom stereocenters. The molecule has 0 bridgehead atoms. The van der Waals surface area contributed by atoms with Gasteiger partial charge in [-0.2, -0.15) is 0 Å². The molecule has 0 aliphatic rings. The second-order valence-electron chi connectivity index (χ2n) is 4.74. The molecule has 0 saturated carbocycles. The van der Waals surface area contributed by atoms with Crippen molar-refractivity contribution in [1.29, 1.82) is 0 Å². The number of hydrogen-bond acceptors (Lipinski definition) is 3. The van der Waals surface area contributed by atoms with Crippen molar-refractivity contribution in [3.63, 3.8) is 0 Å². The maximum absolute atomic E-state index is 11.0. The Morgan fingerprint density at radius 1 is 1.20 bits per heavy atom. The maximum Gasteiger partial charge on any atom is 0.335 e. The van der Waals surface area contributed by atoms with E-state index in [1.165, 1.54) is 11.6 Å². The van der Waals surface area contributed by atoms with Crippen molar-refractivity contribution >= 4 is 17.0 Å². The lowest BCUT2D eigenvalue weighted by Crippen LogP contribution is -2.03. The van der Waals surface area contributed by atoms with Gasteiger partial charge in [-0.05, 0) is 30.7 Å². The third-order valence-corrected chi connectivity index (χ3v) is 3.21. The number of nitrogens with zero attached hydrogens (tertiary/aromatic N) is 3. The SMILES string of the molecule is Cc1ccc(Cn2nnc3ccc(C(=O)O)cc32)cc1. The molecule has 0 fully saturated rings. The van der Waals surface area contributed by atoms with Gasteiger partial charge >= 0.3 is 5.97 Å². The Bertz CT molecular complexity index is 775. The third kappa shape index (κ3) is 2.25. The predicted octanol–water partition coefficient (Wildman–Crippen LogP) is 2.49. The van der Waals surface area contributed by atoms with Crippen LogP contribution >= 0.6 is 0 Å². The van der Waals surface area contributed by atoms with Crippen molar-refractivity contribution in [2.45, 2.75) is 13.5 Å². The van der Waals surface area contributed by atoms with E-state index >= 15 is 0 Å². The van der Waals surface area contributed by atoms with Gasteiger partial charge in [0.15, 0.2) is 0 Å². The van der Waals surface area contributed by atoms with Crippen LogP contribution in [-0.4, -0.2) is 26.1 Å². The lowest BCUT2D eigenvalue weighted by atomic mass is 10.1. The Kier molecular flexibility index (Phi) is 2.95. The van der Waals surface area contributed by atoms with Crippen molar-refractivity contribution in [2.24, 2.45) is 0 Å². The molecular weight excluding hydrogens is 254 g/mol. The Hall–Kier alpha value is -2.69. The molecule has 100 valence electrons. The lowest BCUT2D eigenvalue weighted by Gasteiger charge is -2.03. The number of carboxylic acids is 1. The highest BCUT2D eigenvalue weighted by Crippen LogP contribution is 2.15. The largest absolute Gasteiger partial charge is 0.478 e. The van der Waals surface area contributed by atoms with Crippen molar-refractivity contribution in [1.82, 2.24) is 15.0 Å². The van der Waals surface area contributed by atoms with E-state index in [9.17, 15) is 4.79 Å². The molecule has 5 heteroatoms. The zero-order chi connectivity index (χ0) is 14.1. The maximum atomic E-state index is 11.0. The van der Waals surface area contributed by atoms with E-state index in [1.54, 1.807) is 16.8 Å². The first-order valence-electron chi connectivity index (χ1n) is 6.25. The van der Waals surface area contributed by atoms with Crippen LogP contribution in [0.2, 0.25) is 0 Å². The molecule has 1 aromatic heterocycles. The van der Waals surface area contributed by atoms with E-state index in [1.807, 2.05) is 31.2 Å². The van der Waals surface area contributed by atoms with Gasteiger partial charge in [-0.25, -0.2) is 9.48 Å². The first-order chi connectivity index (χ1) is 9.63. The van der Waals surface area contributed by atoms with Gasteiger partial charge in [-0.15, -0.1) is 5.10 Å². The van der Waals surface area contributed by atoms with Crippen LogP contribution in [0.4, 0.5) is 0 Å². The quantitative estimate of drug-likeness (QED) is 0.791. The molecule has 3 rings (SSSR count). The van der Waals surface area contributed by atoms with Gasteiger partial charge in [0.25, 0.3) is 0 Å². The van der Waals surface area contributed by atoms with Crippen molar-refractivity contribution in [3.8, 4) is 0 Å². The molecule has 2 aromatic carbocycles. The fraction of sp³-hybridized carbons (Fsp3) is 0.133. The van der Waals surface area contributed by atoms with Crippen molar-refractivity contribution in [2.75, 3.05) is 0 Å².